The number of hydrogen-bond acceptors (Lipinski definition) is 18. The van der Waals surface area contributed by atoms with Crippen LogP contribution in [-0.4, -0.2) is 193 Å². The predicted molar refractivity (Wildman–Crippen MR) is 448 cm³/mol. The highest BCUT2D eigenvalue weighted by molar-refractivity contribution is 5.76. The molecule has 0 saturated carbocycles. The molecule has 0 aromatic rings. The third-order valence-corrected chi connectivity index (χ3v) is 23.4. The fraction of sp³-hybridized carbons (Fsp3) is 0.924. The topological polar surface area (TPSA) is 307 Å². The van der Waals surface area contributed by atoms with Gasteiger partial charge in [0.15, 0.2) is 18.9 Å². The summed E-state index contributed by atoms with van der Waals surface area (Å²) in [5, 5.41) is 121. The van der Waals surface area contributed by atoms with Crippen LogP contribution >= 0.6 is 0 Å². The Kier molecular flexibility index (Phi) is 67.0. The van der Waals surface area contributed by atoms with Crippen molar-refractivity contribution in [2.75, 3.05) is 26.4 Å². The van der Waals surface area contributed by atoms with E-state index < -0.39 is 124 Å². The largest absolute Gasteiger partial charge is 0.394 e. The molecule has 0 radical (unpaired) electrons. The number of nitrogens with one attached hydrogen (secondary N) is 1. The second-order valence-corrected chi connectivity index (χ2v) is 33.5. The maximum absolute atomic E-state index is 13.5. The van der Waals surface area contributed by atoms with E-state index in [4.69, 9.17) is 28.4 Å². The summed E-state index contributed by atoms with van der Waals surface area (Å²) in [5.41, 5.74) is 0. The number of carbonyl (C=O) groups excluding carboxylic acids is 1. The van der Waals surface area contributed by atoms with Gasteiger partial charge < -0.3 is 89.9 Å². The zero-order chi connectivity index (χ0) is 80.3. The summed E-state index contributed by atoms with van der Waals surface area (Å²) in [4.78, 5) is 13.5. The van der Waals surface area contributed by atoms with Crippen LogP contribution < -0.4 is 5.32 Å². The number of allylic oxidation sites excluding steroid dienone is 5. The molecule has 17 atom stereocenters. The van der Waals surface area contributed by atoms with Crippen molar-refractivity contribution in [2.24, 2.45) is 0 Å². The van der Waals surface area contributed by atoms with Crippen molar-refractivity contribution in [3.63, 3.8) is 0 Å². The average molecular weight is 1580 g/mol. The summed E-state index contributed by atoms with van der Waals surface area (Å²) in [6.07, 6.45) is 66.1. The van der Waals surface area contributed by atoms with Crippen LogP contribution in [0.3, 0.4) is 0 Å². The fourth-order valence-corrected chi connectivity index (χ4v) is 16.0. The van der Waals surface area contributed by atoms with Crippen molar-refractivity contribution >= 4 is 5.91 Å². The normalized spacial score (nSPS) is 25.1. The lowest BCUT2D eigenvalue weighted by atomic mass is 9.96. The van der Waals surface area contributed by atoms with Crippen LogP contribution in [0.5, 0.6) is 0 Å². The Morgan fingerprint density at radius 2 is 0.577 bits per heavy atom. The van der Waals surface area contributed by atoms with Crippen molar-refractivity contribution in [2.45, 2.75) is 516 Å². The highest BCUT2D eigenvalue weighted by Crippen LogP contribution is 2.34. The van der Waals surface area contributed by atoms with E-state index >= 15 is 0 Å². The summed E-state index contributed by atoms with van der Waals surface area (Å²) in [6, 6.07) is -0.997. The lowest BCUT2D eigenvalue weighted by Gasteiger charge is -2.48. The van der Waals surface area contributed by atoms with Gasteiger partial charge in [0.05, 0.1) is 38.6 Å². The maximum atomic E-state index is 13.5. The number of ether oxygens (including phenoxy) is 6. The van der Waals surface area contributed by atoms with Gasteiger partial charge in [-0.2, -0.15) is 0 Å². The summed E-state index contributed by atoms with van der Waals surface area (Å²) in [7, 11) is 0. The molecule has 1 amide bonds. The number of amides is 1. The van der Waals surface area contributed by atoms with Crippen molar-refractivity contribution in [1.82, 2.24) is 5.32 Å². The van der Waals surface area contributed by atoms with E-state index in [2.05, 4.69) is 43.5 Å². The summed E-state index contributed by atoms with van der Waals surface area (Å²) >= 11 is 0. The number of carbonyl (C=O) groups is 1. The van der Waals surface area contributed by atoms with Gasteiger partial charge in [0.1, 0.15) is 73.2 Å². The van der Waals surface area contributed by atoms with Crippen LogP contribution in [0.1, 0.15) is 412 Å². The van der Waals surface area contributed by atoms with Crippen molar-refractivity contribution in [3.8, 4) is 0 Å². The van der Waals surface area contributed by atoms with Crippen LogP contribution in [-0.2, 0) is 33.2 Å². The minimum absolute atomic E-state index is 0.237. The second kappa shape index (κ2) is 72.1. The lowest BCUT2D eigenvalue weighted by Crippen LogP contribution is -2.66. The highest BCUT2D eigenvalue weighted by atomic mass is 16.8. The molecule has 0 aromatic carbocycles. The summed E-state index contributed by atoms with van der Waals surface area (Å²) in [5.74, 6) is -0.281. The molecule has 3 heterocycles. The van der Waals surface area contributed by atoms with Crippen molar-refractivity contribution < 1.29 is 89.4 Å². The molecule has 0 spiro atoms. The molecular formula is C92H173NO18. The third-order valence-electron chi connectivity index (χ3n) is 23.4. The standard InChI is InChI=1S/C92H173NO18/c1-3-5-7-9-11-13-15-17-19-21-23-25-27-29-31-33-34-35-36-37-38-39-40-42-44-46-48-50-52-54-56-58-60-62-64-66-68-70-80(98)93-75(76(97)69-67-65-63-61-59-57-55-53-51-49-47-45-43-41-32-30-28-26-24-22-20-18-16-14-12-10-8-6-4-2)74-106-90-86(104)83(101)88(78(72-95)108-90)111-92-87(105)84(102)89(79(73-96)109-92)110-91-85(103)82(100)81(99)77(71-94)107-91/h51,53,59,61,67,69,75-79,81-92,94-97,99-105H,3-50,52,54-58,60,62-66,68,70-74H2,1-2H3,(H,93,98)/b53-51+,61-59+,69-67+. The molecule has 19 heteroatoms. The first-order valence-electron chi connectivity index (χ1n) is 46.7. The SMILES string of the molecule is CCCCCCCCCCCCCCCCCCCCC/C=C/CC/C=C/CC/C=C/C(O)C(COC1OC(CO)C(OC2OC(CO)C(OC3OC(CO)C(O)C(O)C3O)C(O)C2O)C(O)C1O)NC(=O)CCCCCCCCCCCCCCCCCCCCCCCCCCCCCCCCCCCCCCC. The van der Waals surface area contributed by atoms with E-state index in [-0.39, 0.29) is 18.9 Å². The van der Waals surface area contributed by atoms with E-state index in [1.54, 1.807) is 6.08 Å². The summed E-state index contributed by atoms with van der Waals surface area (Å²) in [6.45, 7) is 1.79. The molecular weight excluding hydrogens is 1410 g/mol. The first kappa shape index (κ1) is 103. The fourth-order valence-electron chi connectivity index (χ4n) is 16.0. The average Bonchev–Trinajstić information content (AvgIpc) is 0.780. The molecule has 0 bridgehead atoms. The minimum atomic E-state index is -1.98. The van der Waals surface area contributed by atoms with Gasteiger partial charge >= 0.3 is 0 Å². The highest BCUT2D eigenvalue weighted by Gasteiger charge is 2.54. The first-order valence-corrected chi connectivity index (χ1v) is 46.7. The maximum Gasteiger partial charge on any atom is 0.220 e. The van der Waals surface area contributed by atoms with Gasteiger partial charge in [-0.15, -0.1) is 0 Å². The van der Waals surface area contributed by atoms with E-state index in [1.165, 1.54) is 334 Å². The molecule has 0 aromatic heterocycles. The van der Waals surface area contributed by atoms with E-state index in [1.807, 2.05) is 6.08 Å². The molecule has 3 aliphatic heterocycles. The van der Waals surface area contributed by atoms with Gasteiger partial charge in [-0.1, -0.05) is 397 Å². The molecule has 654 valence electrons. The number of rotatable bonds is 77. The smallest absolute Gasteiger partial charge is 0.220 e. The molecule has 0 aliphatic carbocycles. The van der Waals surface area contributed by atoms with Crippen LogP contribution in [0.25, 0.3) is 0 Å². The Morgan fingerprint density at radius 3 is 0.901 bits per heavy atom. The predicted octanol–water partition coefficient (Wildman–Crippen LogP) is 18.2. The molecule has 17 unspecified atom stereocenters. The van der Waals surface area contributed by atoms with E-state index in [0.29, 0.717) is 12.8 Å². The first-order chi connectivity index (χ1) is 54.3. The van der Waals surface area contributed by atoms with Crippen LogP contribution in [0.4, 0.5) is 0 Å². The van der Waals surface area contributed by atoms with Crippen molar-refractivity contribution in [3.05, 3.63) is 36.5 Å². The number of unbranched alkanes of at least 4 members (excludes halogenated alkanes) is 57. The van der Waals surface area contributed by atoms with Gasteiger partial charge in [-0.3, -0.25) is 4.79 Å². The molecule has 3 aliphatic rings. The summed E-state index contributed by atoms with van der Waals surface area (Å²) < 4.78 is 34.5. The van der Waals surface area contributed by atoms with Crippen LogP contribution in [0.2, 0.25) is 0 Å². The van der Waals surface area contributed by atoms with E-state index in [9.17, 15) is 61.0 Å². The van der Waals surface area contributed by atoms with Gasteiger partial charge in [0.25, 0.3) is 0 Å². The quantitative estimate of drug-likeness (QED) is 0.0199. The Labute approximate surface area is 676 Å². The Bertz CT molecular complexity index is 2140. The lowest BCUT2D eigenvalue weighted by molar-refractivity contribution is -0.379. The molecule has 19 nitrogen and oxygen atoms in total. The minimum Gasteiger partial charge on any atom is -0.394 e. The molecule has 12 N–H and O–H groups in total. The zero-order valence-corrected chi connectivity index (χ0v) is 70.7. The van der Waals surface area contributed by atoms with Gasteiger partial charge in [-0.25, -0.2) is 0 Å². The molecule has 111 heavy (non-hydrogen) atoms. The number of aliphatic hydroxyl groups excluding tert-OH is 11. The zero-order valence-electron chi connectivity index (χ0n) is 70.7. The molecule has 3 saturated heterocycles. The monoisotopic (exact) mass is 1580 g/mol. The van der Waals surface area contributed by atoms with Gasteiger partial charge in [0.2, 0.25) is 5.91 Å². The van der Waals surface area contributed by atoms with Crippen LogP contribution in [0, 0.1) is 0 Å². The van der Waals surface area contributed by atoms with Gasteiger partial charge in [0, 0.05) is 6.42 Å². The van der Waals surface area contributed by atoms with Crippen molar-refractivity contribution in [1.29, 1.82) is 0 Å². The number of hydrogen-bond donors (Lipinski definition) is 12. The Balaban J connectivity index is 1.32. The second-order valence-electron chi connectivity index (χ2n) is 33.5. The molecule has 3 rings (SSSR count). The van der Waals surface area contributed by atoms with Crippen LogP contribution in [0.15, 0.2) is 36.5 Å². The van der Waals surface area contributed by atoms with E-state index in [0.717, 1.165) is 44.9 Å². The molecule has 3 fully saturated rings. The number of aliphatic hydroxyl groups is 11. The Hall–Kier alpha value is -1.99. The van der Waals surface area contributed by atoms with Gasteiger partial charge in [-0.05, 0) is 44.9 Å². The third kappa shape index (κ3) is 50.5. The Morgan fingerprint density at radius 1 is 0.315 bits per heavy atom.